The van der Waals surface area contributed by atoms with Gasteiger partial charge in [-0.2, -0.15) is 0 Å². The lowest BCUT2D eigenvalue weighted by molar-refractivity contribution is -0.122. The summed E-state index contributed by atoms with van der Waals surface area (Å²) in [5.74, 6) is -2.66. The van der Waals surface area contributed by atoms with Crippen LogP contribution in [0.3, 0.4) is 0 Å². The third-order valence-electron chi connectivity index (χ3n) is 3.86. The van der Waals surface area contributed by atoms with Gasteiger partial charge in [0, 0.05) is 0 Å². The van der Waals surface area contributed by atoms with Gasteiger partial charge in [-0.3, -0.25) is 14.9 Å². The van der Waals surface area contributed by atoms with Crippen molar-refractivity contribution in [3.8, 4) is 11.5 Å². The van der Waals surface area contributed by atoms with E-state index in [1.807, 2.05) is 5.32 Å². The normalized spacial score (nSPS) is 15.8. The second-order valence-corrected chi connectivity index (χ2v) is 6.55. The summed E-state index contributed by atoms with van der Waals surface area (Å²) in [6.07, 6.45) is 1.23. The van der Waals surface area contributed by atoms with Crippen LogP contribution in [0.2, 0.25) is 0 Å². The number of hydrogen-bond acceptors (Lipinski definition) is 5. The smallest absolute Gasteiger partial charge is 0.336 e. The molecule has 4 amide bonds. The summed E-state index contributed by atoms with van der Waals surface area (Å²) in [6, 6.07) is 7.09. The van der Waals surface area contributed by atoms with Crippen molar-refractivity contribution in [1.29, 1.82) is 0 Å². The number of aromatic hydroxyl groups is 1. The predicted molar refractivity (Wildman–Crippen MR) is 102 cm³/mol. The number of ether oxygens (including phenoxy) is 1. The molecule has 1 aliphatic rings. The Morgan fingerprint density at radius 3 is 2.64 bits per heavy atom. The number of imide groups is 2. The van der Waals surface area contributed by atoms with Gasteiger partial charge in [-0.05, 0) is 58.8 Å². The molecule has 0 spiro atoms. The number of phenols is 1. The molecule has 1 saturated heterocycles. The van der Waals surface area contributed by atoms with E-state index in [1.165, 1.54) is 36.4 Å². The molecule has 0 aromatic heterocycles. The molecular formula is C19H14BrFN2O5. The van der Waals surface area contributed by atoms with Crippen LogP contribution in [0.15, 0.2) is 46.4 Å². The van der Waals surface area contributed by atoms with E-state index in [0.717, 1.165) is 6.07 Å². The molecule has 0 unspecified atom stereocenters. The van der Waals surface area contributed by atoms with Crippen LogP contribution in [0.5, 0.6) is 11.5 Å². The fourth-order valence-corrected chi connectivity index (χ4v) is 3.08. The number of para-hydroxylation sites is 1. The average molecular weight is 449 g/mol. The Morgan fingerprint density at radius 1 is 1.25 bits per heavy atom. The first-order valence-electron chi connectivity index (χ1n) is 8.14. The van der Waals surface area contributed by atoms with E-state index >= 15 is 0 Å². The molecule has 1 fully saturated rings. The van der Waals surface area contributed by atoms with E-state index in [4.69, 9.17) is 4.74 Å². The maximum atomic E-state index is 14.1. The number of barbiturate groups is 1. The number of urea groups is 1. The monoisotopic (exact) mass is 448 g/mol. The summed E-state index contributed by atoms with van der Waals surface area (Å²) in [4.78, 5) is 37.7. The minimum atomic E-state index is -1.04. The molecule has 1 heterocycles. The topological polar surface area (TPSA) is 95.9 Å². The first-order chi connectivity index (χ1) is 13.3. The number of rotatable bonds is 4. The van der Waals surface area contributed by atoms with Crippen molar-refractivity contribution in [3.05, 3.63) is 57.8 Å². The molecule has 0 atom stereocenters. The number of halogens is 2. The maximum absolute atomic E-state index is 14.1. The summed E-state index contributed by atoms with van der Waals surface area (Å²) in [7, 11) is 0. The van der Waals surface area contributed by atoms with Crippen LogP contribution in [0.25, 0.3) is 6.08 Å². The molecule has 3 rings (SSSR count). The maximum Gasteiger partial charge on any atom is 0.336 e. The van der Waals surface area contributed by atoms with Crippen molar-refractivity contribution in [2.24, 2.45) is 0 Å². The van der Waals surface area contributed by atoms with E-state index in [1.54, 1.807) is 6.92 Å². The Kier molecular flexibility index (Phi) is 5.46. The molecule has 144 valence electrons. The number of nitrogens with zero attached hydrogens (tertiary/aromatic N) is 1. The molecular weight excluding hydrogens is 435 g/mol. The lowest BCUT2D eigenvalue weighted by Crippen LogP contribution is -2.54. The third-order valence-corrected chi connectivity index (χ3v) is 4.46. The lowest BCUT2D eigenvalue weighted by Gasteiger charge is -2.26. The summed E-state index contributed by atoms with van der Waals surface area (Å²) >= 11 is 3.17. The van der Waals surface area contributed by atoms with Gasteiger partial charge in [0.25, 0.3) is 11.8 Å². The molecule has 0 aliphatic carbocycles. The Balaban J connectivity index is 2.06. The number of phenolic OH excluding ortho intramolecular Hbond substituents is 1. The van der Waals surface area contributed by atoms with Crippen LogP contribution in [0.4, 0.5) is 14.9 Å². The van der Waals surface area contributed by atoms with Crippen molar-refractivity contribution >= 4 is 45.5 Å². The number of carbonyl (C=O) groups is 3. The minimum Gasteiger partial charge on any atom is -0.503 e. The highest BCUT2D eigenvalue weighted by molar-refractivity contribution is 9.10. The number of benzene rings is 2. The van der Waals surface area contributed by atoms with Gasteiger partial charge in [0.2, 0.25) is 0 Å². The second kappa shape index (κ2) is 7.81. The van der Waals surface area contributed by atoms with E-state index in [0.29, 0.717) is 10.5 Å². The van der Waals surface area contributed by atoms with Crippen molar-refractivity contribution in [2.75, 3.05) is 11.5 Å². The van der Waals surface area contributed by atoms with Gasteiger partial charge in [-0.1, -0.05) is 12.1 Å². The second-order valence-electron chi connectivity index (χ2n) is 5.69. The summed E-state index contributed by atoms with van der Waals surface area (Å²) in [5, 5.41) is 12.0. The van der Waals surface area contributed by atoms with Crippen LogP contribution < -0.4 is 15.0 Å². The van der Waals surface area contributed by atoms with Gasteiger partial charge >= 0.3 is 6.03 Å². The van der Waals surface area contributed by atoms with Crippen molar-refractivity contribution in [2.45, 2.75) is 6.92 Å². The molecule has 0 radical (unpaired) electrons. The zero-order chi connectivity index (χ0) is 20.4. The van der Waals surface area contributed by atoms with Gasteiger partial charge in [0.1, 0.15) is 11.4 Å². The quantitative estimate of drug-likeness (QED) is 0.552. The SMILES string of the molecule is CCOc1cc(C=C2C(=O)NC(=O)N(c3ccccc3F)C2=O)cc(Br)c1O. The van der Waals surface area contributed by atoms with Crippen molar-refractivity contribution < 1.29 is 28.6 Å². The number of carbonyl (C=O) groups excluding carboxylic acids is 3. The van der Waals surface area contributed by atoms with Gasteiger partial charge in [-0.25, -0.2) is 14.1 Å². The number of anilines is 1. The Hall–Kier alpha value is -3.20. The molecule has 28 heavy (non-hydrogen) atoms. The van der Waals surface area contributed by atoms with Crippen molar-refractivity contribution in [1.82, 2.24) is 5.32 Å². The van der Waals surface area contributed by atoms with E-state index in [2.05, 4.69) is 15.9 Å². The summed E-state index contributed by atoms with van der Waals surface area (Å²) in [6.45, 7) is 2.02. The van der Waals surface area contributed by atoms with Crippen LogP contribution in [0.1, 0.15) is 12.5 Å². The highest BCUT2D eigenvalue weighted by atomic mass is 79.9. The predicted octanol–water partition coefficient (Wildman–Crippen LogP) is 3.36. The third kappa shape index (κ3) is 3.61. The molecule has 2 aromatic rings. The highest BCUT2D eigenvalue weighted by Gasteiger charge is 2.38. The molecule has 0 bridgehead atoms. The van der Waals surface area contributed by atoms with Gasteiger partial charge in [0.15, 0.2) is 11.5 Å². The van der Waals surface area contributed by atoms with E-state index in [9.17, 15) is 23.9 Å². The zero-order valence-electron chi connectivity index (χ0n) is 14.5. The standard InChI is InChI=1S/C19H14BrFN2O5/c1-2-28-15-9-10(8-12(20)16(15)24)7-11-17(25)22-19(27)23(18(11)26)14-6-4-3-5-13(14)21/h3-9,24H,2H2,1H3,(H,22,25,27). The minimum absolute atomic E-state index is 0.133. The fourth-order valence-electron chi connectivity index (χ4n) is 2.62. The molecule has 1 aliphatic heterocycles. The van der Waals surface area contributed by atoms with Gasteiger partial charge < -0.3 is 9.84 Å². The molecule has 9 heteroatoms. The summed E-state index contributed by atoms with van der Waals surface area (Å²) in [5.41, 5.74) is -0.289. The van der Waals surface area contributed by atoms with E-state index < -0.39 is 23.7 Å². The highest BCUT2D eigenvalue weighted by Crippen LogP contribution is 2.36. The summed E-state index contributed by atoms with van der Waals surface area (Å²) < 4.78 is 19.7. The molecule has 0 saturated carbocycles. The van der Waals surface area contributed by atoms with Crippen LogP contribution >= 0.6 is 15.9 Å². The molecule has 7 nitrogen and oxygen atoms in total. The fraction of sp³-hybridized carbons (Fsp3) is 0.105. The number of nitrogens with one attached hydrogen (secondary N) is 1. The number of hydrogen-bond donors (Lipinski definition) is 2. The molecule has 2 aromatic carbocycles. The van der Waals surface area contributed by atoms with E-state index in [-0.39, 0.29) is 33.8 Å². The average Bonchev–Trinajstić information content (AvgIpc) is 2.64. The van der Waals surface area contributed by atoms with Gasteiger partial charge in [0.05, 0.1) is 16.8 Å². The van der Waals surface area contributed by atoms with Crippen LogP contribution in [0, 0.1) is 5.82 Å². The van der Waals surface area contributed by atoms with Crippen LogP contribution in [-0.4, -0.2) is 29.6 Å². The van der Waals surface area contributed by atoms with Crippen molar-refractivity contribution in [3.63, 3.8) is 0 Å². The number of amides is 4. The molecule has 2 N–H and O–H groups in total. The largest absolute Gasteiger partial charge is 0.503 e. The Morgan fingerprint density at radius 2 is 1.96 bits per heavy atom. The zero-order valence-corrected chi connectivity index (χ0v) is 16.1. The Labute approximate surface area is 167 Å². The van der Waals surface area contributed by atoms with Crippen LogP contribution in [-0.2, 0) is 9.59 Å². The Bertz CT molecular complexity index is 1020. The lowest BCUT2D eigenvalue weighted by atomic mass is 10.1. The first kappa shape index (κ1) is 19.6. The van der Waals surface area contributed by atoms with Gasteiger partial charge in [-0.15, -0.1) is 0 Å². The first-order valence-corrected chi connectivity index (χ1v) is 8.94.